The van der Waals surface area contributed by atoms with E-state index in [-0.39, 0.29) is 18.6 Å². The molecule has 2 heterocycles. The minimum atomic E-state index is -0.527. The van der Waals surface area contributed by atoms with Gasteiger partial charge < -0.3 is 19.1 Å². The van der Waals surface area contributed by atoms with Gasteiger partial charge in [-0.05, 0) is 49.5 Å². The topological polar surface area (TPSA) is 65.1 Å². The number of benzene rings is 1. The Bertz CT molecular complexity index is 700. The van der Waals surface area contributed by atoms with Crippen LogP contribution in [0, 0.1) is 0 Å². The first-order chi connectivity index (χ1) is 13.2. The molecule has 27 heavy (non-hydrogen) atoms. The fourth-order valence-corrected chi connectivity index (χ4v) is 3.47. The van der Waals surface area contributed by atoms with Crippen molar-refractivity contribution < 1.29 is 23.8 Å². The van der Waals surface area contributed by atoms with Crippen LogP contribution in [0.2, 0.25) is 0 Å². The molecule has 146 valence electrons. The predicted octanol–water partition coefficient (Wildman–Crippen LogP) is 3.20. The van der Waals surface area contributed by atoms with Gasteiger partial charge in [-0.15, -0.1) is 0 Å². The van der Waals surface area contributed by atoms with Crippen LogP contribution in [0.4, 0.5) is 0 Å². The highest BCUT2D eigenvalue weighted by molar-refractivity contribution is 5.89. The molecule has 0 N–H and O–H groups in total. The average Bonchev–Trinajstić information content (AvgIpc) is 2.95. The number of hydrogen-bond donors (Lipinski definition) is 0. The van der Waals surface area contributed by atoms with Crippen LogP contribution < -0.4 is 9.47 Å². The molecule has 0 aromatic heterocycles. The molecule has 1 amide bonds. The van der Waals surface area contributed by atoms with E-state index < -0.39 is 5.97 Å². The second kappa shape index (κ2) is 9.44. The van der Waals surface area contributed by atoms with Crippen LogP contribution in [0.3, 0.4) is 0 Å². The van der Waals surface area contributed by atoms with Crippen molar-refractivity contribution in [1.82, 2.24) is 4.90 Å². The van der Waals surface area contributed by atoms with E-state index in [0.29, 0.717) is 24.7 Å². The fraction of sp³-hybridized carbons (Fsp3) is 0.524. The SMILES string of the molecule is CC[C@@H]1CCCCN1C(=O)COC(=O)/C=C/c1ccc2c(c1)OCCCO2. The van der Waals surface area contributed by atoms with Crippen molar-refractivity contribution in [2.24, 2.45) is 0 Å². The van der Waals surface area contributed by atoms with Gasteiger partial charge in [0, 0.05) is 25.1 Å². The minimum Gasteiger partial charge on any atom is -0.490 e. The van der Waals surface area contributed by atoms with Crippen LogP contribution in [-0.4, -0.2) is 49.2 Å². The fourth-order valence-electron chi connectivity index (χ4n) is 3.47. The van der Waals surface area contributed by atoms with Gasteiger partial charge in [-0.1, -0.05) is 13.0 Å². The molecule has 0 aliphatic carbocycles. The summed E-state index contributed by atoms with van der Waals surface area (Å²) in [6.45, 7) is 3.88. The number of nitrogens with zero attached hydrogens (tertiary/aromatic N) is 1. The lowest BCUT2D eigenvalue weighted by Gasteiger charge is -2.35. The van der Waals surface area contributed by atoms with Crippen molar-refractivity contribution in [2.45, 2.75) is 45.1 Å². The molecule has 2 aliphatic rings. The molecule has 1 fully saturated rings. The summed E-state index contributed by atoms with van der Waals surface area (Å²) >= 11 is 0. The summed E-state index contributed by atoms with van der Waals surface area (Å²) in [5, 5.41) is 0. The van der Waals surface area contributed by atoms with Crippen LogP contribution in [-0.2, 0) is 14.3 Å². The molecular formula is C21H27NO5. The summed E-state index contributed by atoms with van der Waals surface area (Å²) in [6.07, 6.45) is 7.96. The zero-order valence-corrected chi connectivity index (χ0v) is 15.8. The highest BCUT2D eigenvalue weighted by atomic mass is 16.5. The Balaban J connectivity index is 1.51. The highest BCUT2D eigenvalue weighted by Gasteiger charge is 2.25. The van der Waals surface area contributed by atoms with Crippen molar-refractivity contribution in [3.8, 4) is 11.5 Å². The van der Waals surface area contributed by atoms with Gasteiger partial charge in [-0.25, -0.2) is 4.79 Å². The standard InChI is InChI=1S/C21H27NO5/c1-2-17-6-3-4-11-22(17)20(23)15-27-21(24)10-8-16-7-9-18-19(14-16)26-13-5-12-25-18/h7-10,14,17H,2-6,11-13,15H2,1H3/b10-8+/t17-/m1/s1. The van der Waals surface area contributed by atoms with E-state index in [4.69, 9.17) is 14.2 Å². The molecule has 1 aromatic carbocycles. The zero-order valence-electron chi connectivity index (χ0n) is 15.8. The first-order valence-corrected chi connectivity index (χ1v) is 9.71. The molecular weight excluding hydrogens is 346 g/mol. The molecule has 6 heteroatoms. The van der Waals surface area contributed by atoms with Crippen LogP contribution in [0.1, 0.15) is 44.6 Å². The molecule has 0 unspecified atom stereocenters. The van der Waals surface area contributed by atoms with Gasteiger partial charge in [0.25, 0.3) is 5.91 Å². The predicted molar refractivity (Wildman–Crippen MR) is 102 cm³/mol. The van der Waals surface area contributed by atoms with Gasteiger partial charge in [0.05, 0.1) is 13.2 Å². The van der Waals surface area contributed by atoms with Crippen LogP contribution in [0.15, 0.2) is 24.3 Å². The van der Waals surface area contributed by atoms with E-state index in [1.54, 1.807) is 6.08 Å². The number of likely N-dealkylation sites (tertiary alicyclic amines) is 1. The van der Waals surface area contributed by atoms with Crippen LogP contribution >= 0.6 is 0 Å². The molecule has 6 nitrogen and oxygen atoms in total. The maximum atomic E-state index is 12.3. The summed E-state index contributed by atoms with van der Waals surface area (Å²) in [5.74, 6) is 0.748. The number of hydrogen-bond acceptors (Lipinski definition) is 5. The van der Waals surface area contributed by atoms with Gasteiger partial charge in [-0.3, -0.25) is 4.79 Å². The maximum absolute atomic E-state index is 12.3. The van der Waals surface area contributed by atoms with E-state index in [2.05, 4.69) is 6.92 Å². The third kappa shape index (κ3) is 5.25. The lowest BCUT2D eigenvalue weighted by molar-refractivity contribution is -0.150. The first kappa shape index (κ1) is 19.3. The number of fused-ring (bicyclic) bond motifs is 1. The van der Waals surface area contributed by atoms with Gasteiger partial charge >= 0.3 is 5.97 Å². The third-order valence-corrected chi connectivity index (χ3v) is 4.94. The Kier molecular flexibility index (Phi) is 6.74. The van der Waals surface area contributed by atoms with E-state index in [9.17, 15) is 9.59 Å². The van der Waals surface area contributed by atoms with E-state index >= 15 is 0 Å². The molecule has 1 aromatic rings. The lowest BCUT2D eigenvalue weighted by atomic mass is 10.00. The highest BCUT2D eigenvalue weighted by Crippen LogP contribution is 2.30. The smallest absolute Gasteiger partial charge is 0.331 e. The molecule has 0 spiro atoms. The summed E-state index contributed by atoms with van der Waals surface area (Å²) in [6, 6.07) is 5.77. The summed E-state index contributed by atoms with van der Waals surface area (Å²) in [5.41, 5.74) is 0.810. The monoisotopic (exact) mass is 373 g/mol. The van der Waals surface area contributed by atoms with Crippen LogP contribution in [0.5, 0.6) is 11.5 Å². The molecule has 2 aliphatic heterocycles. The van der Waals surface area contributed by atoms with Crippen molar-refractivity contribution in [1.29, 1.82) is 0 Å². The van der Waals surface area contributed by atoms with Gasteiger partial charge in [0.2, 0.25) is 0 Å². The Morgan fingerprint density at radius 2 is 2.00 bits per heavy atom. The normalized spacial score (nSPS) is 19.6. The zero-order chi connectivity index (χ0) is 19.1. The number of amides is 1. The number of carbonyl (C=O) groups is 2. The Hall–Kier alpha value is -2.50. The molecule has 1 saturated heterocycles. The first-order valence-electron chi connectivity index (χ1n) is 9.71. The molecule has 0 radical (unpaired) electrons. The number of esters is 1. The number of rotatable bonds is 5. The average molecular weight is 373 g/mol. The molecule has 3 rings (SSSR count). The molecule has 1 atom stereocenters. The van der Waals surface area contributed by atoms with E-state index in [1.165, 1.54) is 6.08 Å². The van der Waals surface area contributed by atoms with Crippen LogP contribution in [0.25, 0.3) is 6.08 Å². The molecule has 0 saturated carbocycles. The van der Waals surface area contributed by atoms with Gasteiger partial charge in [-0.2, -0.15) is 0 Å². The second-order valence-corrected chi connectivity index (χ2v) is 6.84. The quantitative estimate of drug-likeness (QED) is 0.586. The maximum Gasteiger partial charge on any atom is 0.331 e. The minimum absolute atomic E-state index is 0.112. The lowest BCUT2D eigenvalue weighted by Crippen LogP contribution is -2.45. The van der Waals surface area contributed by atoms with Crippen molar-refractivity contribution in [3.63, 3.8) is 0 Å². The Labute approximate surface area is 160 Å². The summed E-state index contributed by atoms with van der Waals surface area (Å²) in [4.78, 5) is 26.1. The van der Waals surface area contributed by atoms with Crippen molar-refractivity contribution in [2.75, 3.05) is 26.4 Å². The number of ether oxygens (including phenoxy) is 3. The Morgan fingerprint density at radius 1 is 1.19 bits per heavy atom. The number of carbonyl (C=O) groups excluding carboxylic acids is 2. The third-order valence-electron chi connectivity index (χ3n) is 4.94. The largest absolute Gasteiger partial charge is 0.490 e. The summed E-state index contributed by atoms with van der Waals surface area (Å²) < 4.78 is 16.4. The van der Waals surface area contributed by atoms with Crippen molar-refractivity contribution >= 4 is 18.0 Å². The van der Waals surface area contributed by atoms with Gasteiger partial charge in [0.1, 0.15) is 0 Å². The van der Waals surface area contributed by atoms with E-state index in [0.717, 1.165) is 44.2 Å². The molecule has 0 bridgehead atoms. The number of piperidine rings is 1. The second-order valence-electron chi connectivity index (χ2n) is 6.84. The van der Waals surface area contributed by atoms with E-state index in [1.807, 2.05) is 23.1 Å². The summed E-state index contributed by atoms with van der Waals surface area (Å²) in [7, 11) is 0. The van der Waals surface area contributed by atoms with Gasteiger partial charge in [0.15, 0.2) is 18.1 Å². The van der Waals surface area contributed by atoms with Crippen molar-refractivity contribution in [3.05, 3.63) is 29.8 Å². The Morgan fingerprint density at radius 3 is 2.81 bits per heavy atom.